The van der Waals surface area contributed by atoms with Gasteiger partial charge in [-0.1, -0.05) is 51.5 Å². The van der Waals surface area contributed by atoms with E-state index in [-0.39, 0.29) is 0 Å². The van der Waals surface area contributed by atoms with Crippen LogP contribution in [0.2, 0.25) is 0 Å². The van der Waals surface area contributed by atoms with Gasteiger partial charge in [0.1, 0.15) is 0 Å². The third-order valence-corrected chi connectivity index (χ3v) is 5.66. The molecule has 0 bridgehead atoms. The van der Waals surface area contributed by atoms with E-state index in [1.807, 2.05) is 51.3 Å². The van der Waals surface area contributed by atoms with Crippen molar-refractivity contribution in [3.05, 3.63) is 82.5 Å². The molecule has 0 unspecified atom stereocenters. The fourth-order valence-electron chi connectivity index (χ4n) is 3.79. The average Bonchev–Trinajstić information content (AvgIpc) is 2.90. The Kier molecular flexibility index (Phi) is 15.6. The van der Waals surface area contributed by atoms with E-state index in [1.54, 1.807) is 12.4 Å². The molecule has 0 aliphatic carbocycles. The second-order valence-electron chi connectivity index (χ2n) is 8.77. The number of rotatable bonds is 15. The number of hydrogen-bond donors (Lipinski definition) is 2. The molecule has 0 radical (unpaired) electrons. The molecule has 0 fully saturated rings. The van der Waals surface area contributed by atoms with E-state index in [1.165, 1.54) is 0 Å². The number of allylic oxidation sites excluding steroid dienone is 9. The Hall–Kier alpha value is -3.87. The first kappa shape index (κ1) is 32.2. The van der Waals surface area contributed by atoms with Gasteiger partial charge in [0.25, 0.3) is 0 Å². The van der Waals surface area contributed by atoms with Gasteiger partial charge < -0.3 is 11.1 Å². The zero-order valence-electron chi connectivity index (χ0n) is 24.1. The third kappa shape index (κ3) is 11.0. The van der Waals surface area contributed by atoms with Crippen molar-refractivity contribution < 1.29 is 4.79 Å². The summed E-state index contributed by atoms with van der Waals surface area (Å²) in [5, 5.41) is 3.36. The van der Waals surface area contributed by atoms with E-state index in [0.29, 0.717) is 24.6 Å². The highest BCUT2D eigenvalue weighted by molar-refractivity contribution is 6.10. The minimum Gasteiger partial charge on any atom is -0.402 e. The first-order chi connectivity index (χ1) is 18.3. The molecule has 38 heavy (non-hydrogen) atoms. The smallest absolute Gasteiger partial charge is 0.233 e. The summed E-state index contributed by atoms with van der Waals surface area (Å²) >= 11 is 0. The SMILES string of the molecule is C\C=C/N=C/C(=C/CC)c1ccnc(NCC(/C(CCC)=C(C)\C=C/C(=NC=O)/C(C)=C/CC)=C(\C)N)n1. The molecule has 1 rings (SSSR count). The van der Waals surface area contributed by atoms with E-state index in [9.17, 15) is 4.79 Å². The van der Waals surface area contributed by atoms with E-state index in [2.05, 4.69) is 60.1 Å². The average molecular weight is 517 g/mol. The Morgan fingerprint density at radius 3 is 2.42 bits per heavy atom. The van der Waals surface area contributed by atoms with Crippen LogP contribution in [0.25, 0.3) is 5.57 Å². The molecule has 0 aliphatic heterocycles. The molecule has 0 atom stereocenters. The van der Waals surface area contributed by atoms with E-state index < -0.39 is 0 Å². The Balaban J connectivity index is 3.31. The van der Waals surface area contributed by atoms with Gasteiger partial charge in [-0.25, -0.2) is 15.0 Å². The molecule has 0 saturated heterocycles. The van der Waals surface area contributed by atoms with Gasteiger partial charge in [0.15, 0.2) is 0 Å². The van der Waals surface area contributed by atoms with Crippen LogP contribution in [0.4, 0.5) is 5.95 Å². The maximum Gasteiger partial charge on any atom is 0.233 e. The summed E-state index contributed by atoms with van der Waals surface area (Å²) < 4.78 is 0. The lowest BCUT2D eigenvalue weighted by Crippen LogP contribution is -2.15. The fraction of sp³-hybridized carbons (Fsp3) is 0.387. The normalized spacial score (nSPS) is 14.9. The fourth-order valence-corrected chi connectivity index (χ4v) is 3.79. The third-order valence-electron chi connectivity index (χ3n) is 5.66. The van der Waals surface area contributed by atoms with Crippen molar-refractivity contribution in [3.8, 4) is 0 Å². The van der Waals surface area contributed by atoms with Crippen LogP contribution >= 0.6 is 0 Å². The standard InChI is InChI=1S/C31H44N6O/c1-8-12-24(6)29(36-22-38)16-15-23(5)27(14-10-3)28(25(7)32)21-35-31-34-19-17-30(37-31)26(13-9-2)20-33-18-11-4/h11-13,15-20,22H,8-10,14,21,32H2,1-7H3,(H,34,35,37)/b16-15-,18-11-,24-12+,26-13-,27-23-,28-25-,33-20+,36-29?. The largest absolute Gasteiger partial charge is 0.402 e. The highest BCUT2D eigenvalue weighted by atomic mass is 16.1. The number of nitrogens with zero attached hydrogens (tertiary/aromatic N) is 4. The molecule has 204 valence electrons. The summed E-state index contributed by atoms with van der Waals surface area (Å²) in [5.41, 5.74) is 13.7. The number of carbonyl (C=O) groups is 1. The Morgan fingerprint density at radius 1 is 1.08 bits per heavy atom. The highest BCUT2D eigenvalue weighted by Crippen LogP contribution is 2.24. The maximum atomic E-state index is 11.1. The molecule has 0 saturated carbocycles. The van der Waals surface area contributed by atoms with E-state index >= 15 is 0 Å². The van der Waals surface area contributed by atoms with Crippen LogP contribution in [-0.2, 0) is 4.79 Å². The zero-order valence-corrected chi connectivity index (χ0v) is 24.1. The minimum atomic E-state index is 0.482. The quantitative estimate of drug-likeness (QED) is 0.146. The lowest BCUT2D eigenvalue weighted by atomic mass is 9.94. The van der Waals surface area contributed by atoms with Crippen LogP contribution in [0, 0.1) is 0 Å². The molecule has 0 aliphatic rings. The highest BCUT2D eigenvalue weighted by Gasteiger charge is 2.12. The predicted octanol–water partition coefficient (Wildman–Crippen LogP) is 7.15. The Morgan fingerprint density at radius 2 is 1.82 bits per heavy atom. The number of amides is 1. The van der Waals surface area contributed by atoms with Gasteiger partial charge in [0.05, 0.1) is 11.4 Å². The predicted molar refractivity (Wildman–Crippen MR) is 163 cm³/mol. The topological polar surface area (TPSA) is 106 Å². The van der Waals surface area contributed by atoms with Crippen molar-refractivity contribution in [2.24, 2.45) is 15.7 Å². The molecule has 7 nitrogen and oxygen atoms in total. The second kappa shape index (κ2) is 18.4. The number of hydrogen-bond acceptors (Lipinski definition) is 6. The molecular weight excluding hydrogens is 472 g/mol. The molecule has 1 aromatic heterocycles. The molecule has 0 aromatic carbocycles. The van der Waals surface area contributed by atoms with Gasteiger partial charge in [-0.15, -0.1) is 0 Å². The first-order valence-electron chi connectivity index (χ1n) is 13.3. The van der Waals surface area contributed by atoms with Crippen LogP contribution in [-0.4, -0.2) is 34.8 Å². The lowest BCUT2D eigenvalue weighted by molar-refractivity contribution is -0.106. The van der Waals surface area contributed by atoms with E-state index in [4.69, 9.17) is 10.7 Å². The Labute approximate surface area is 228 Å². The molecule has 3 N–H and O–H groups in total. The second-order valence-corrected chi connectivity index (χ2v) is 8.77. The number of anilines is 1. The summed E-state index contributed by atoms with van der Waals surface area (Å²) in [5.74, 6) is 0.521. The van der Waals surface area contributed by atoms with Crippen molar-refractivity contribution in [2.45, 2.75) is 74.1 Å². The lowest BCUT2D eigenvalue weighted by Gasteiger charge is -2.17. The van der Waals surface area contributed by atoms with Crippen molar-refractivity contribution >= 4 is 29.9 Å². The van der Waals surface area contributed by atoms with Crippen molar-refractivity contribution in [2.75, 3.05) is 11.9 Å². The number of aromatic nitrogens is 2. The molecule has 0 spiro atoms. The number of nitrogens with two attached hydrogens (primary N) is 1. The van der Waals surface area contributed by atoms with Gasteiger partial charge >= 0.3 is 0 Å². The van der Waals surface area contributed by atoms with Crippen LogP contribution in [0.1, 0.15) is 79.8 Å². The van der Waals surface area contributed by atoms with Gasteiger partial charge in [-0.3, -0.25) is 9.79 Å². The monoisotopic (exact) mass is 516 g/mol. The van der Waals surface area contributed by atoms with Crippen molar-refractivity contribution in [1.29, 1.82) is 0 Å². The van der Waals surface area contributed by atoms with Gasteiger partial charge in [-0.2, -0.15) is 0 Å². The van der Waals surface area contributed by atoms with Crippen LogP contribution < -0.4 is 11.1 Å². The van der Waals surface area contributed by atoms with Crippen LogP contribution in [0.5, 0.6) is 0 Å². The van der Waals surface area contributed by atoms with E-state index in [0.717, 1.165) is 64.9 Å². The van der Waals surface area contributed by atoms with Crippen LogP contribution in [0.3, 0.4) is 0 Å². The zero-order chi connectivity index (χ0) is 28.3. The van der Waals surface area contributed by atoms with Crippen molar-refractivity contribution in [1.82, 2.24) is 9.97 Å². The summed E-state index contributed by atoms with van der Waals surface area (Å²) in [6, 6.07) is 1.88. The van der Waals surface area contributed by atoms with Gasteiger partial charge in [0.2, 0.25) is 12.4 Å². The number of carbonyl (C=O) groups excluding carboxylic acids is 1. The van der Waals surface area contributed by atoms with Crippen LogP contribution in [0.15, 0.2) is 86.8 Å². The van der Waals surface area contributed by atoms with Crippen molar-refractivity contribution in [3.63, 3.8) is 0 Å². The van der Waals surface area contributed by atoms with Gasteiger partial charge in [0, 0.05) is 36.4 Å². The molecule has 1 amide bonds. The molecule has 7 heteroatoms. The number of nitrogens with one attached hydrogen (secondary N) is 1. The Bertz CT molecular complexity index is 1160. The minimum absolute atomic E-state index is 0.482. The first-order valence-corrected chi connectivity index (χ1v) is 13.3. The number of aliphatic imine (C=N–C) groups is 2. The summed E-state index contributed by atoms with van der Waals surface area (Å²) in [6.07, 6.45) is 19.4. The summed E-state index contributed by atoms with van der Waals surface area (Å²) in [6.45, 7) is 14.6. The molecule has 1 aromatic rings. The summed E-state index contributed by atoms with van der Waals surface area (Å²) in [7, 11) is 0. The van der Waals surface area contributed by atoms with Gasteiger partial charge in [-0.05, 0) is 81.4 Å². The molecule has 1 heterocycles. The molecular formula is C31H44N6O. The summed E-state index contributed by atoms with van der Waals surface area (Å²) in [4.78, 5) is 28.5. The maximum absolute atomic E-state index is 11.1.